The first-order chi connectivity index (χ1) is 10.6. The van der Waals surface area contributed by atoms with Crippen LogP contribution in [0.1, 0.15) is 34.6 Å². The summed E-state index contributed by atoms with van der Waals surface area (Å²) in [5.74, 6) is 1.54. The highest BCUT2D eigenvalue weighted by Crippen LogP contribution is 2.46. The second-order valence-corrected chi connectivity index (χ2v) is 10.1. The van der Waals surface area contributed by atoms with Gasteiger partial charge in [0.05, 0.1) is 18.1 Å². The Morgan fingerprint density at radius 1 is 1.17 bits per heavy atom. The Labute approximate surface area is 141 Å². The Hall–Kier alpha value is -0.820. The quantitative estimate of drug-likeness (QED) is 0.604. The highest BCUT2D eigenvalue weighted by Gasteiger charge is 2.53. The third-order valence-electron chi connectivity index (χ3n) is 5.59. The fourth-order valence-corrected chi connectivity index (χ4v) is 4.34. The van der Waals surface area contributed by atoms with E-state index in [4.69, 9.17) is 4.99 Å². The molecule has 0 aromatic heterocycles. The summed E-state index contributed by atoms with van der Waals surface area (Å²) >= 11 is 0. The molecule has 1 N–H and O–H groups in total. The van der Waals surface area contributed by atoms with E-state index in [2.05, 4.69) is 49.7 Å². The first kappa shape index (κ1) is 18.5. The van der Waals surface area contributed by atoms with Gasteiger partial charge in [0.15, 0.2) is 15.8 Å². The maximum Gasteiger partial charge on any atom is 0.194 e. The van der Waals surface area contributed by atoms with Gasteiger partial charge in [-0.2, -0.15) is 0 Å². The Morgan fingerprint density at radius 3 is 2.26 bits per heavy atom. The lowest BCUT2D eigenvalue weighted by Crippen LogP contribution is -2.72. The minimum atomic E-state index is -2.80. The number of sulfone groups is 1. The van der Waals surface area contributed by atoms with Gasteiger partial charge < -0.3 is 10.2 Å². The van der Waals surface area contributed by atoms with Crippen LogP contribution in [0.4, 0.5) is 0 Å². The lowest BCUT2D eigenvalue weighted by atomic mass is 9.65. The molecule has 0 saturated carbocycles. The SMILES string of the molecule is CCNC(=NCCN1CCS(=O)(=O)CC1)N1CC(C)(C)C1(C)C. The van der Waals surface area contributed by atoms with Crippen molar-refractivity contribution in [3.05, 3.63) is 0 Å². The molecule has 6 nitrogen and oxygen atoms in total. The number of guanidine groups is 1. The van der Waals surface area contributed by atoms with E-state index in [1.165, 1.54) is 0 Å². The van der Waals surface area contributed by atoms with Crippen LogP contribution in [0.3, 0.4) is 0 Å². The molecule has 0 aromatic rings. The molecule has 134 valence electrons. The first-order valence-electron chi connectivity index (χ1n) is 8.58. The highest BCUT2D eigenvalue weighted by molar-refractivity contribution is 7.91. The van der Waals surface area contributed by atoms with Crippen molar-refractivity contribution >= 4 is 15.8 Å². The summed E-state index contributed by atoms with van der Waals surface area (Å²) in [7, 11) is -2.80. The predicted molar refractivity (Wildman–Crippen MR) is 95.6 cm³/mol. The van der Waals surface area contributed by atoms with E-state index >= 15 is 0 Å². The van der Waals surface area contributed by atoms with Crippen LogP contribution in [0.2, 0.25) is 0 Å². The van der Waals surface area contributed by atoms with E-state index in [0.717, 1.165) is 25.6 Å². The number of nitrogens with zero attached hydrogens (tertiary/aromatic N) is 3. The topological polar surface area (TPSA) is 65.0 Å². The van der Waals surface area contributed by atoms with Crippen LogP contribution in [-0.4, -0.2) is 80.5 Å². The normalized spacial score (nSPS) is 26.7. The molecule has 2 aliphatic heterocycles. The molecule has 2 rings (SSSR count). The van der Waals surface area contributed by atoms with E-state index in [9.17, 15) is 8.42 Å². The Balaban J connectivity index is 1.91. The Bertz CT molecular complexity index is 540. The molecular formula is C16H32N4O2S. The zero-order valence-corrected chi connectivity index (χ0v) is 16.0. The van der Waals surface area contributed by atoms with E-state index < -0.39 is 9.84 Å². The third kappa shape index (κ3) is 3.99. The number of hydrogen-bond acceptors (Lipinski definition) is 4. The molecule has 2 saturated heterocycles. The molecule has 0 bridgehead atoms. The van der Waals surface area contributed by atoms with Gasteiger partial charge in [0.25, 0.3) is 0 Å². The maximum atomic E-state index is 11.5. The summed E-state index contributed by atoms with van der Waals surface area (Å²) in [6, 6.07) is 0. The van der Waals surface area contributed by atoms with E-state index in [1.54, 1.807) is 0 Å². The van der Waals surface area contributed by atoms with Gasteiger partial charge in [-0.25, -0.2) is 8.42 Å². The van der Waals surface area contributed by atoms with E-state index in [1.807, 2.05) is 0 Å². The average molecular weight is 345 g/mol. The van der Waals surface area contributed by atoms with Crippen LogP contribution in [-0.2, 0) is 9.84 Å². The van der Waals surface area contributed by atoms with Gasteiger partial charge in [0, 0.05) is 43.7 Å². The Kier molecular flexibility index (Phi) is 5.31. The molecule has 23 heavy (non-hydrogen) atoms. The molecule has 0 aliphatic carbocycles. The summed E-state index contributed by atoms with van der Waals surface area (Å²) in [5, 5.41) is 3.39. The second-order valence-electron chi connectivity index (χ2n) is 7.76. The zero-order valence-electron chi connectivity index (χ0n) is 15.2. The van der Waals surface area contributed by atoms with Crippen molar-refractivity contribution in [1.29, 1.82) is 0 Å². The second kappa shape index (κ2) is 6.59. The number of nitrogens with one attached hydrogen (secondary N) is 1. The highest BCUT2D eigenvalue weighted by atomic mass is 32.2. The molecule has 2 aliphatic rings. The van der Waals surface area contributed by atoms with Crippen molar-refractivity contribution < 1.29 is 8.42 Å². The molecule has 0 amide bonds. The fourth-order valence-electron chi connectivity index (χ4n) is 3.07. The lowest BCUT2D eigenvalue weighted by molar-refractivity contribution is -0.0667. The molecule has 2 fully saturated rings. The number of rotatable bonds is 4. The molecule has 0 atom stereocenters. The summed E-state index contributed by atoms with van der Waals surface area (Å²) in [4.78, 5) is 9.31. The van der Waals surface area contributed by atoms with Gasteiger partial charge in [-0.15, -0.1) is 0 Å². The van der Waals surface area contributed by atoms with Crippen LogP contribution in [0, 0.1) is 5.41 Å². The fraction of sp³-hybridized carbons (Fsp3) is 0.938. The number of aliphatic imine (C=N–C) groups is 1. The molecule has 0 unspecified atom stereocenters. The van der Waals surface area contributed by atoms with Crippen LogP contribution in [0.25, 0.3) is 0 Å². The van der Waals surface area contributed by atoms with Crippen LogP contribution < -0.4 is 5.32 Å². The molecule has 0 radical (unpaired) electrons. The molecule has 7 heteroatoms. The first-order valence-corrected chi connectivity index (χ1v) is 10.4. The third-order valence-corrected chi connectivity index (χ3v) is 7.20. The predicted octanol–water partition coefficient (Wildman–Crippen LogP) is 0.803. The van der Waals surface area contributed by atoms with Gasteiger partial charge in [0.2, 0.25) is 0 Å². The van der Waals surface area contributed by atoms with Crippen molar-refractivity contribution in [2.45, 2.75) is 40.2 Å². The molecule has 0 spiro atoms. The van der Waals surface area contributed by atoms with Crippen LogP contribution >= 0.6 is 0 Å². The maximum absolute atomic E-state index is 11.5. The number of hydrogen-bond donors (Lipinski definition) is 1. The largest absolute Gasteiger partial charge is 0.356 e. The van der Waals surface area contributed by atoms with E-state index in [0.29, 0.717) is 19.6 Å². The van der Waals surface area contributed by atoms with Crippen molar-refractivity contribution in [3.8, 4) is 0 Å². The zero-order chi connectivity index (χ0) is 17.3. The Morgan fingerprint density at radius 2 is 1.78 bits per heavy atom. The van der Waals surface area contributed by atoms with Gasteiger partial charge in [-0.05, 0) is 20.8 Å². The van der Waals surface area contributed by atoms with Crippen LogP contribution in [0.5, 0.6) is 0 Å². The minimum Gasteiger partial charge on any atom is -0.356 e. The monoisotopic (exact) mass is 344 g/mol. The van der Waals surface area contributed by atoms with Crippen molar-refractivity contribution in [2.75, 3.05) is 50.8 Å². The lowest BCUT2D eigenvalue weighted by Gasteiger charge is -2.62. The van der Waals surface area contributed by atoms with Gasteiger partial charge in [0.1, 0.15) is 0 Å². The molecule has 2 heterocycles. The number of likely N-dealkylation sites (tertiary alicyclic amines) is 1. The van der Waals surface area contributed by atoms with Gasteiger partial charge in [-0.3, -0.25) is 9.89 Å². The summed E-state index contributed by atoms with van der Waals surface area (Å²) in [5.41, 5.74) is 0.373. The van der Waals surface area contributed by atoms with E-state index in [-0.39, 0.29) is 22.5 Å². The molecular weight excluding hydrogens is 312 g/mol. The van der Waals surface area contributed by atoms with Gasteiger partial charge in [-0.1, -0.05) is 13.8 Å². The summed E-state index contributed by atoms with van der Waals surface area (Å²) < 4.78 is 22.9. The van der Waals surface area contributed by atoms with Crippen molar-refractivity contribution in [2.24, 2.45) is 10.4 Å². The van der Waals surface area contributed by atoms with Gasteiger partial charge >= 0.3 is 0 Å². The van der Waals surface area contributed by atoms with Crippen molar-refractivity contribution in [1.82, 2.24) is 15.1 Å². The standard InChI is InChI=1S/C16H32N4O2S/c1-6-17-14(20-13-15(2,3)16(20,4)5)18-7-8-19-9-11-23(21,22)12-10-19/h6-13H2,1-5H3,(H,17,18). The molecule has 0 aromatic carbocycles. The smallest absolute Gasteiger partial charge is 0.194 e. The van der Waals surface area contributed by atoms with Crippen LogP contribution in [0.15, 0.2) is 4.99 Å². The summed E-state index contributed by atoms with van der Waals surface area (Å²) in [6.07, 6.45) is 0. The van der Waals surface area contributed by atoms with Crippen molar-refractivity contribution in [3.63, 3.8) is 0 Å². The average Bonchev–Trinajstić information content (AvgIpc) is 2.46. The summed E-state index contributed by atoms with van der Waals surface area (Å²) in [6.45, 7) is 15.9. The minimum absolute atomic E-state index is 0.0905.